The van der Waals surface area contributed by atoms with Crippen molar-refractivity contribution < 1.29 is 0 Å². The smallest absolute Gasteiger partial charge is 0.107 e. The van der Waals surface area contributed by atoms with Gasteiger partial charge in [0.1, 0.15) is 6.54 Å². The largest absolute Gasteiger partial charge is 0.262 e. The van der Waals surface area contributed by atoms with E-state index in [0.29, 0.717) is 6.54 Å². The first-order chi connectivity index (χ1) is 12.9. The molecule has 2 aliphatic rings. The van der Waals surface area contributed by atoms with E-state index in [4.69, 9.17) is 4.98 Å². The van der Waals surface area contributed by atoms with E-state index < -0.39 is 0 Å². The van der Waals surface area contributed by atoms with Crippen LogP contribution >= 0.6 is 0 Å². The van der Waals surface area contributed by atoms with Crippen molar-refractivity contribution in [2.24, 2.45) is 15.4 Å². The predicted octanol–water partition coefficient (Wildman–Crippen LogP) is 5.19. The minimum absolute atomic E-state index is 0.0847. The van der Waals surface area contributed by atoms with Crippen LogP contribution in [0, 0.1) is 6.92 Å². The number of aromatic nitrogens is 2. The fourth-order valence-corrected chi connectivity index (χ4v) is 4.11. The molecule has 0 saturated carbocycles. The van der Waals surface area contributed by atoms with Gasteiger partial charge in [0, 0.05) is 28.6 Å². The Morgan fingerprint density at radius 2 is 1.81 bits per heavy atom. The van der Waals surface area contributed by atoms with Gasteiger partial charge in [-0.15, -0.1) is 5.10 Å². The van der Waals surface area contributed by atoms with E-state index in [-0.39, 0.29) is 5.41 Å². The highest BCUT2D eigenvalue weighted by Crippen LogP contribution is 2.39. The van der Waals surface area contributed by atoms with Crippen molar-refractivity contribution in [3.63, 3.8) is 0 Å². The molecule has 4 rings (SSSR count). The molecule has 1 aliphatic carbocycles. The summed E-state index contributed by atoms with van der Waals surface area (Å²) < 4.78 is 0. The number of hydrogen-bond donors (Lipinski definition) is 0. The van der Waals surface area contributed by atoms with Crippen LogP contribution in [0.25, 0.3) is 11.1 Å². The number of pyridine rings is 2. The van der Waals surface area contributed by atoms with Crippen LogP contribution in [0.2, 0.25) is 0 Å². The summed E-state index contributed by atoms with van der Waals surface area (Å²) in [5.41, 5.74) is 9.26. The summed E-state index contributed by atoms with van der Waals surface area (Å²) in [4.78, 5) is 9.63. The predicted molar refractivity (Wildman–Crippen MR) is 108 cm³/mol. The molecule has 2 aromatic rings. The molecule has 0 unspecified atom stereocenters. The Morgan fingerprint density at radius 1 is 1.00 bits per heavy atom. The van der Waals surface area contributed by atoms with Crippen LogP contribution in [0.15, 0.2) is 33.8 Å². The van der Waals surface area contributed by atoms with Gasteiger partial charge in [0.05, 0.1) is 11.4 Å². The molecular formula is C22H27N5. The molecular weight excluding hydrogens is 334 g/mol. The minimum atomic E-state index is -0.0847. The van der Waals surface area contributed by atoms with Gasteiger partial charge in [0.15, 0.2) is 0 Å². The van der Waals surface area contributed by atoms with E-state index in [9.17, 15) is 0 Å². The quantitative estimate of drug-likeness (QED) is 0.691. The second kappa shape index (κ2) is 6.95. The van der Waals surface area contributed by atoms with Crippen molar-refractivity contribution in [3.05, 3.63) is 46.5 Å². The van der Waals surface area contributed by atoms with Crippen LogP contribution in [0.4, 0.5) is 0 Å². The first-order valence-corrected chi connectivity index (χ1v) is 9.88. The lowest BCUT2D eigenvalue weighted by atomic mass is 9.80. The number of hydrogen-bond acceptors (Lipinski definition) is 5. The van der Waals surface area contributed by atoms with Gasteiger partial charge < -0.3 is 0 Å². The number of rotatable bonds is 2. The van der Waals surface area contributed by atoms with E-state index >= 15 is 0 Å². The maximum atomic E-state index is 5.22. The number of fused-ring (bicyclic) bond motifs is 1. The standard InChI is InChI=1S/C22H27N5/c1-14-12-15(10-11-23-14)19-16-8-6-5-7-9-17(16)25-21(22(2,3)4)20(19)18-13-24-27-26-18/h10-12H,5-9,13H2,1-4H3. The normalized spacial score (nSPS) is 16.8. The summed E-state index contributed by atoms with van der Waals surface area (Å²) in [7, 11) is 0. The Kier molecular flexibility index (Phi) is 4.62. The Morgan fingerprint density at radius 3 is 2.52 bits per heavy atom. The zero-order chi connectivity index (χ0) is 19.0. The molecule has 2 aromatic heterocycles. The van der Waals surface area contributed by atoms with Gasteiger partial charge in [-0.2, -0.15) is 5.11 Å². The Hall–Kier alpha value is -2.43. The molecule has 0 saturated heterocycles. The summed E-state index contributed by atoms with van der Waals surface area (Å²) >= 11 is 0. The van der Waals surface area contributed by atoms with Crippen LogP contribution in [-0.2, 0) is 18.3 Å². The third-order valence-corrected chi connectivity index (χ3v) is 5.36. The lowest BCUT2D eigenvalue weighted by molar-refractivity contribution is 0.563. The molecule has 1 aliphatic heterocycles. The molecule has 0 atom stereocenters. The van der Waals surface area contributed by atoms with Crippen molar-refractivity contribution in [1.29, 1.82) is 0 Å². The van der Waals surface area contributed by atoms with Crippen molar-refractivity contribution in [2.75, 3.05) is 6.54 Å². The van der Waals surface area contributed by atoms with Gasteiger partial charge in [-0.3, -0.25) is 9.97 Å². The molecule has 0 aromatic carbocycles. The fourth-order valence-electron chi connectivity index (χ4n) is 4.11. The maximum absolute atomic E-state index is 5.22. The van der Waals surface area contributed by atoms with E-state index in [1.54, 1.807) is 0 Å². The van der Waals surface area contributed by atoms with Crippen LogP contribution < -0.4 is 0 Å². The Balaban J connectivity index is 2.09. The third kappa shape index (κ3) is 3.43. The minimum Gasteiger partial charge on any atom is -0.262 e. The van der Waals surface area contributed by atoms with Gasteiger partial charge in [0.2, 0.25) is 0 Å². The van der Waals surface area contributed by atoms with E-state index in [0.717, 1.165) is 35.5 Å². The van der Waals surface area contributed by atoms with Crippen molar-refractivity contribution in [3.8, 4) is 11.1 Å². The SMILES string of the molecule is Cc1cc(-c2c3c(nc(C(C)(C)C)c2C2=NN=NC2)CCCCC3)ccn1. The molecule has 3 heterocycles. The molecule has 5 nitrogen and oxygen atoms in total. The topological polar surface area (TPSA) is 62.9 Å². The zero-order valence-corrected chi connectivity index (χ0v) is 16.7. The second-order valence-electron chi connectivity index (χ2n) is 8.57. The first kappa shape index (κ1) is 18.0. The molecule has 0 spiro atoms. The van der Waals surface area contributed by atoms with Crippen molar-refractivity contribution >= 4 is 5.71 Å². The molecule has 140 valence electrons. The van der Waals surface area contributed by atoms with E-state index in [1.807, 2.05) is 13.1 Å². The lowest BCUT2D eigenvalue weighted by Crippen LogP contribution is -2.23. The van der Waals surface area contributed by atoms with Crippen molar-refractivity contribution in [1.82, 2.24) is 9.97 Å². The van der Waals surface area contributed by atoms with Crippen LogP contribution in [-0.4, -0.2) is 22.2 Å². The van der Waals surface area contributed by atoms with Crippen LogP contribution in [0.5, 0.6) is 0 Å². The average molecular weight is 361 g/mol. The average Bonchev–Trinajstić information content (AvgIpc) is 3.04. The monoisotopic (exact) mass is 361 g/mol. The Bertz CT molecular complexity index is 934. The molecule has 0 amide bonds. The third-order valence-electron chi connectivity index (χ3n) is 5.36. The Labute approximate surface area is 161 Å². The maximum Gasteiger partial charge on any atom is 0.107 e. The lowest BCUT2D eigenvalue weighted by Gasteiger charge is -2.27. The highest BCUT2D eigenvalue weighted by molar-refractivity contribution is 6.09. The molecule has 0 radical (unpaired) electrons. The van der Waals surface area contributed by atoms with Gasteiger partial charge in [-0.25, -0.2) is 0 Å². The van der Waals surface area contributed by atoms with Crippen LogP contribution in [0.3, 0.4) is 0 Å². The van der Waals surface area contributed by atoms with Crippen molar-refractivity contribution in [2.45, 2.75) is 65.2 Å². The summed E-state index contributed by atoms with van der Waals surface area (Å²) in [6.45, 7) is 9.26. The molecule has 0 N–H and O–H groups in total. The number of nitrogens with zero attached hydrogens (tertiary/aromatic N) is 5. The van der Waals surface area contributed by atoms with E-state index in [1.165, 1.54) is 41.6 Å². The summed E-state index contributed by atoms with van der Waals surface area (Å²) in [5, 5.41) is 12.4. The summed E-state index contributed by atoms with van der Waals surface area (Å²) in [5.74, 6) is 0. The van der Waals surface area contributed by atoms with Gasteiger partial charge >= 0.3 is 0 Å². The van der Waals surface area contributed by atoms with Gasteiger partial charge in [-0.05, 0) is 66.7 Å². The van der Waals surface area contributed by atoms with Gasteiger partial charge in [0.25, 0.3) is 0 Å². The molecule has 0 fully saturated rings. The summed E-state index contributed by atoms with van der Waals surface area (Å²) in [6.07, 6.45) is 7.70. The fraction of sp³-hybridized carbons (Fsp3) is 0.500. The van der Waals surface area contributed by atoms with Gasteiger partial charge in [-0.1, -0.05) is 27.2 Å². The summed E-state index contributed by atoms with van der Waals surface area (Å²) in [6, 6.07) is 4.30. The molecule has 5 heteroatoms. The second-order valence-corrected chi connectivity index (χ2v) is 8.57. The highest BCUT2D eigenvalue weighted by atomic mass is 15.4. The molecule has 27 heavy (non-hydrogen) atoms. The van der Waals surface area contributed by atoms with E-state index in [2.05, 4.69) is 53.3 Å². The number of aryl methyl sites for hydroxylation is 2. The highest BCUT2D eigenvalue weighted by Gasteiger charge is 2.31. The first-order valence-electron chi connectivity index (χ1n) is 9.88. The molecule has 0 bridgehead atoms. The zero-order valence-electron chi connectivity index (χ0n) is 16.7. The van der Waals surface area contributed by atoms with Crippen LogP contribution in [0.1, 0.15) is 68.2 Å².